The van der Waals surface area contributed by atoms with Gasteiger partial charge in [0.2, 0.25) is 0 Å². The Hall–Kier alpha value is -0.490. The minimum absolute atomic E-state index is 0.274. The first-order chi connectivity index (χ1) is 8.76. The minimum atomic E-state index is -0.274. The van der Waals surface area contributed by atoms with Gasteiger partial charge >= 0.3 is 0 Å². The maximum atomic E-state index is 5.72. The van der Waals surface area contributed by atoms with E-state index in [0.717, 1.165) is 55.9 Å². The molecule has 1 aromatic heterocycles. The average molecular weight is 313 g/mol. The van der Waals surface area contributed by atoms with Crippen molar-refractivity contribution in [3.63, 3.8) is 0 Å². The van der Waals surface area contributed by atoms with E-state index in [1.807, 2.05) is 12.3 Å². The van der Waals surface area contributed by atoms with Crippen LogP contribution in [0.4, 0.5) is 0 Å². The van der Waals surface area contributed by atoms with Crippen LogP contribution in [0, 0.1) is 0 Å². The third-order valence-electron chi connectivity index (χ3n) is 3.61. The molecule has 2 aliphatic rings. The number of nitrogens with zero attached hydrogens (tertiary/aromatic N) is 2. The molecule has 0 radical (unpaired) electrons. The zero-order valence-electron chi connectivity index (χ0n) is 10.3. The highest BCUT2D eigenvalue weighted by atomic mass is 79.9. The van der Waals surface area contributed by atoms with E-state index in [9.17, 15) is 0 Å². The van der Waals surface area contributed by atoms with Crippen molar-refractivity contribution in [1.29, 1.82) is 0 Å². The van der Waals surface area contributed by atoms with Crippen molar-refractivity contribution in [2.75, 3.05) is 26.3 Å². The van der Waals surface area contributed by atoms with Gasteiger partial charge in [-0.25, -0.2) is 0 Å². The normalized spacial score (nSPS) is 23.6. The van der Waals surface area contributed by atoms with Crippen molar-refractivity contribution < 1.29 is 9.47 Å². The molecule has 1 spiro atoms. The molecule has 0 amide bonds. The van der Waals surface area contributed by atoms with E-state index in [0.29, 0.717) is 0 Å². The summed E-state index contributed by atoms with van der Waals surface area (Å²) in [6, 6.07) is 4.11. The smallest absolute Gasteiger partial charge is 0.170 e. The molecule has 1 aromatic rings. The molecule has 98 valence electrons. The third kappa shape index (κ3) is 2.74. The maximum absolute atomic E-state index is 5.72. The lowest BCUT2D eigenvalue weighted by Gasteiger charge is -2.37. The molecule has 2 saturated heterocycles. The van der Waals surface area contributed by atoms with Gasteiger partial charge in [0, 0.05) is 43.1 Å². The van der Waals surface area contributed by atoms with Crippen molar-refractivity contribution in [1.82, 2.24) is 9.88 Å². The van der Waals surface area contributed by atoms with Gasteiger partial charge in [-0.15, -0.1) is 0 Å². The first kappa shape index (κ1) is 12.5. The van der Waals surface area contributed by atoms with Crippen LogP contribution in [0.5, 0.6) is 0 Å². The van der Waals surface area contributed by atoms with Crippen LogP contribution >= 0.6 is 15.9 Å². The van der Waals surface area contributed by atoms with Crippen molar-refractivity contribution in [3.8, 4) is 0 Å². The Kier molecular flexibility index (Phi) is 3.66. The second-order valence-corrected chi connectivity index (χ2v) is 5.77. The largest absolute Gasteiger partial charge is 0.347 e. The Balaban J connectivity index is 1.55. The Morgan fingerprint density at radius 3 is 2.56 bits per heavy atom. The zero-order chi connectivity index (χ0) is 12.4. The van der Waals surface area contributed by atoms with Crippen LogP contribution in [0.1, 0.15) is 18.5 Å². The van der Waals surface area contributed by atoms with Gasteiger partial charge < -0.3 is 9.47 Å². The highest BCUT2D eigenvalue weighted by Crippen LogP contribution is 2.31. The van der Waals surface area contributed by atoms with Gasteiger partial charge in [0.15, 0.2) is 5.79 Å². The summed E-state index contributed by atoms with van der Waals surface area (Å²) < 4.78 is 12.5. The minimum Gasteiger partial charge on any atom is -0.347 e. The van der Waals surface area contributed by atoms with Crippen molar-refractivity contribution >= 4 is 15.9 Å². The molecule has 3 heterocycles. The predicted octanol–water partition coefficient (Wildman–Crippen LogP) is 2.18. The van der Waals surface area contributed by atoms with Crippen LogP contribution in [0.15, 0.2) is 22.8 Å². The average Bonchev–Trinajstić information content (AvgIpc) is 2.84. The molecule has 4 nitrogen and oxygen atoms in total. The Bertz CT molecular complexity index is 394. The van der Waals surface area contributed by atoms with Gasteiger partial charge in [0.1, 0.15) is 0 Å². The number of rotatable bonds is 2. The van der Waals surface area contributed by atoms with Crippen LogP contribution in [-0.4, -0.2) is 42.0 Å². The lowest BCUT2D eigenvalue weighted by molar-refractivity contribution is -0.185. The molecular formula is C13H17BrN2O2. The summed E-state index contributed by atoms with van der Waals surface area (Å²) in [5.41, 5.74) is 1.11. The monoisotopic (exact) mass is 312 g/mol. The molecule has 0 unspecified atom stereocenters. The number of likely N-dealkylation sites (tertiary alicyclic amines) is 1. The van der Waals surface area contributed by atoms with E-state index in [4.69, 9.17) is 9.47 Å². The molecule has 0 saturated carbocycles. The topological polar surface area (TPSA) is 34.6 Å². The van der Waals surface area contributed by atoms with E-state index >= 15 is 0 Å². The van der Waals surface area contributed by atoms with Gasteiger partial charge in [-0.3, -0.25) is 9.88 Å². The lowest BCUT2D eigenvalue weighted by Crippen LogP contribution is -2.44. The summed E-state index contributed by atoms with van der Waals surface area (Å²) in [6.45, 7) is 4.42. The standard InChI is InChI=1S/C13H17BrN2O2/c14-11-1-2-12(15-9-11)10-16-5-3-13(4-6-16)17-7-8-18-13/h1-2,9H,3-8,10H2. The Labute approximate surface area is 115 Å². The van der Waals surface area contributed by atoms with Gasteiger partial charge in [-0.2, -0.15) is 0 Å². The van der Waals surface area contributed by atoms with Crippen LogP contribution in [-0.2, 0) is 16.0 Å². The summed E-state index contributed by atoms with van der Waals surface area (Å²) >= 11 is 3.40. The number of hydrogen-bond donors (Lipinski definition) is 0. The molecule has 0 aliphatic carbocycles. The molecule has 0 N–H and O–H groups in total. The van der Waals surface area contributed by atoms with Crippen molar-refractivity contribution in [2.45, 2.75) is 25.2 Å². The van der Waals surface area contributed by atoms with Gasteiger partial charge in [0.05, 0.1) is 18.9 Å². The predicted molar refractivity (Wildman–Crippen MR) is 71.1 cm³/mol. The maximum Gasteiger partial charge on any atom is 0.170 e. The quantitative estimate of drug-likeness (QED) is 0.838. The first-order valence-corrected chi connectivity index (χ1v) is 7.16. The van der Waals surface area contributed by atoms with E-state index in [-0.39, 0.29) is 5.79 Å². The number of ether oxygens (including phenoxy) is 2. The summed E-state index contributed by atoms with van der Waals surface area (Å²) in [7, 11) is 0. The third-order valence-corrected chi connectivity index (χ3v) is 4.07. The van der Waals surface area contributed by atoms with E-state index in [1.165, 1.54) is 0 Å². The fourth-order valence-corrected chi connectivity index (χ4v) is 2.80. The second kappa shape index (κ2) is 5.25. The number of halogens is 1. The lowest BCUT2D eigenvalue weighted by atomic mass is 10.0. The fraction of sp³-hybridized carbons (Fsp3) is 0.615. The summed E-state index contributed by atoms with van der Waals surface area (Å²) in [4.78, 5) is 6.82. The highest BCUT2D eigenvalue weighted by Gasteiger charge is 2.39. The van der Waals surface area contributed by atoms with Crippen LogP contribution in [0.2, 0.25) is 0 Å². The van der Waals surface area contributed by atoms with E-state index < -0.39 is 0 Å². The van der Waals surface area contributed by atoms with Crippen LogP contribution in [0.3, 0.4) is 0 Å². The second-order valence-electron chi connectivity index (χ2n) is 4.85. The van der Waals surface area contributed by atoms with Gasteiger partial charge in [-0.1, -0.05) is 0 Å². The molecule has 2 aliphatic heterocycles. The Morgan fingerprint density at radius 1 is 1.22 bits per heavy atom. The molecule has 18 heavy (non-hydrogen) atoms. The van der Waals surface area contributed by atoms with Crippen LogP contribution in [0.25, 0.3) is 0 Å². The molecule has 0 aromatic carbocycles. The number of aromatic nitrogens is 1. The van der Waals surface area contributed by atoms with Crippen LogP contribution < -0.4 is 0 Å². The van der Waals surface area contributed by atoms with Gasteiger partial charge in [-0.05, 0) is 28.1 Å². The molecular weight excluding hydrogens is 296 g/mol. The van der Waals surface area contributed by atoms with Gasteiger partial charge in [0.25, 0.3) is 0 Å². The molecule has 5 heteroatoms. The number of hydrogen-bond acceptors (Lipinski definition) is 4. The SMILES string of the molecule is Brc1ccc(CN2CCC3(CC2)OCCO3)nc1. The Morgan fingerprint density at radius 2 is 1.94 bits per heavy atom. The molecule has 2 fully saturated rings. The van der Waals surface area contributed by atoms with Crippen molar-refractivity contribution in [2.24, 2.45) is 0 Å². The summed E-state index contributed by atoms with van der Waals surface area (Å²) in [6.07, 6.45) is 3.77. The van der Waals surface area contributed by atoms with E-state index in [2.05, 4.69) is 31.9 Å². The summed E-state index contributed by atoms with van der Waals surface area (Å²) in [5, 5.41) is 0. The first-order valence-electron chi connectivity index (χ1n) is 6.37. The molecule has 0 bridgehead atoms. The van der Waals surface area contributed by atoms with E-state index in [1.54, 1.807) is 0 Å². The fourth-order valence-electron chi connectivity index (χ4n) is 2.57. The molecule has 0 atom stereocenters. The highest BCUT2D eigenvalue weighted by molar-refractivity contribution is 9.10. The zero-order valence-corrected chi connectivity index (χ0v) is 11.9. The number of pyridine rings is 1. The van der Waals surface area contributed by atoms with Crippen molar-refractivity contribution in [3.05, 3.63) is 28.5 Å². The molecule has 3 rings (SSSR count). The summed E-state index contributed by atoms with van der Waals surface area (Å²) in [5.74, 6) is -0.274. The number of piperidine rings is 1.